The number of imidazole rings is 1. The molecule has 0 aliphatic carbocycles. The largest absolute Gasteiger partial charge is 0.442 e. The number of anilines is 1. The zero-order valence-electron chi connectivity index (χ0n) is 12.7. The third kappa shape index (κ3) is 3.50. The van der Waals surface area contributed by atoms with Crippen LogP contribution in [0.3, 0.4) is 0 Å². The number of rotatable bonds is 6. The third-order valence-corrected chi connectivity index (χ3v) is 3.50. The molecule has 0 aliphatic rings. The highest BCUT2D eigenvalue weighted by Crippen LogP contribution is 2.11. The molecule has 2 heterocycles. The molecular weight excluding hydrogens is 298 g/mol. The highest BCUT2D eigenvalue weighted by atomic mass is 16.6. The first kappa shape index (κ1) is 15.1. The summed E-state index contributed by atoms with van der Waals surface area (Å²) in [5, 5.41) is 3.36. The van der Waals surface area contributed by atoms with Crippen molar-refractivity contribution in [1.29, 1.82) is 0 Å². The minimum absolute atomic E-state index is 0.00629. The Kier molecular flexibility index (Phi) is 4.27. The lowest BCUT2D eigenvalue weighted by Gasteiger charge is -2.07. The molecular formula is C16H17N3O4. The predicted octanol–water partition coefficient (Wildman–Crippen LogP) is 1.85. The number of nitrogens with one attached hydrogen (secondary N) is 1. The van der Waals surface area contributed by atoms with Crippen LogP contribution in [0.4, 0.5) is 5.69 Å². The average Bonchev–Trinajstić information content (AvgIpc) is 2.94. The molecule has 0 saturated carbocycles. The molecule has 23 heavy (non-hydrogen) atoms. The topological polar surface area (TPSA) is 89.8 Å². The van der Waals surface area contributed by atoms with Crippen molar-refractivity contribution >= 4 is 11.5 Å². The standard InChI is InChI=1S/C16H17N3O4/c1-2-11-5-3-6-12(9-11)17-8-4-7-13-10-19-16(18-13)22-14(20)15(21)23-19/h3,5-6,9-10,17H,2,4,7-8H2,1H3. The average molecular weight is 315 g/mol. The summed E-state index contributed by atoms with van der Waals surface area (Å²) < 4.78 is 10.6. The summed E-state index contributed by atoms with van der Waals surface area (Å²) in [5.41, 5.74) is 0.995. The first-order valence-corrected chi connectivity index (χ1v) is 7.51. The van der Waals surface area contributed by atoms with Gasteiger partial charge in [0.05, 0.1) is 11.9 Å². The molecule has 7 heteroatoms. The number of aromatic nitrogens is 2. The van der Waals surface area contributed by atoms with Crippen LogP contribution in [0.5, 0.6) is 0 Å². The molecule has 0 aliphatic heterocycles. The number of hydrogen-bond donors (Lipinski definition) is 1. The lowest BCUT2D eigenvalue weighted by atomic mass is 10.1. The smallest absolute Gasteiger partial charge is 0.385 e. The second-order valence-corrected chi connectivity index (χ2v) is 5.19. The van der Waals surface area contributed by atoms with E-state index in [1.54, 1.807) is 6.20 Å². The number of fused-ring (bicyclic) bond motifs is 1. The minimum Gasteiger partial charge on any atom is -0.385 e. The van der Waals surface area contributed by atoms with Gasteiger partial charge >= 0.3 is 17.1 Å². The van der Waals surface area contributed by atoms with Gasteiger partial charge < -0.3 is 14.3 Å². The fraction of sp³-hybridized carbons (Fsp3) is 0.312. The summed E-state index contributed by atoms with van der Waals surface area (Å²) in [5.74, 6) is -0.00629. The van der Waals surface area contributed by atoms with Crippen LogP contribution >= 0.6 is 0 Å². The minimum atomic E-state index is -1.05. The Morgan fingerprint density at radius 1 is 1.26 bits per heavy atom. The molecule has 2 aromatic heterocycles. The number of benzene rings is 1. The first-order chi connectivity index (χ1) is 11.2. The van der Waals surface area contributed by atoms with Crippen molar-refractivity contribution < 1.29 is 8.94 Å². The van der Waals surface area contributed by atoms with Crippen LogP contribution < -0.4 is 16.6 Å². The van der Waals surface area contributed by atoms with Crippen LogP contribution in [0.15, 0.2) is 49.0 Å². The Hall–Kier alpha value is -2.83. The molecule has 0 spiro atoms. The van der Waals surface area contributed by atoms with Crippen molar-refractivity contribution in [1.82, 2.24) is 9.56 Å². The second-order valence-electron chi connectivity index (χ2n) is 5.19. The molecule has 0 radical (unpaired) electrons. The summed E-state index contributed by atoms with van der Waals surface area (Å²) >= 11 is 0. The zero-order valence-corrected chi connectivity index (χ0v) is 12.7. The quantitative estimate of drug-likeness (QED) is 0.551. The molecule has 3 aromatic rings. The van der Waals surface area contributed by atoms with Crippen LogP contribution in [0.2, 0.25) is 0 Å². The van der Waals surface area contributed by atoms with E-state index in [-0.39, 0.29) is 5.84 Å². The van der Waals surface area contributed by atoms with Crippen molar-refractivity contribution in [3.63, 3.8) is 0 Å². The summed E-state index contributed by atoms with van der Waals surface area (Å²) in [6.07, 6.45) is 4.08. The van der Waals surface area contributed by atoms with Crippen molar-refractivity contribution in [3.8, 4) is 0 Å². The molecule has 0 atom stereocenters. The molecule has 1 aromatic carbocycles. The Balaban J connectivity index is 1.58. The monoisotopic (exact) mass is 315 g/mol. The van der Waals surface area contributed by atoms with Gasteiger partial charge in [0, 0.05) is 12.2 Å². The van der Waals surface area contributed by atoms with E-state index in [2.05, 4.69) is 29.4 Å². The zero-order chi connectivity index (χ0) is 16.2. The highest BCUT2D eigenvalue weighted by Gasteiger charge is 2.08. The number of hydrogen-bond acceptors (Lipinski definition) is 6. The molecule has 0 saturated heterocycles. The number of nitrogens with zero attached hydrogens (tertiary/aromatic N) is 2. The van der Waals surface area contributed by atoms with E-state index in [1.807, 2.05) is 12.1 Å². The van der Waals surface area contributed by atoms with E-state index >= 15 is 0 Å². The van der Waals surface area contributed by atoms with Gasteiger partial charge in [-0.15, -0.1) is 4.57 Å². The van der Waals surface area contributed by atoms with Crippen LogP contribution in [-0.2, 0) is 12.8 Å². The predicted molar refractivity (Wildman–Crippen MR) is 84.9 cm³/mol. The van der Waals surface area contributed by atoms with Crippen LogP contribution in [0.1, 0.15) is 24.6 Å². The molecule has 0 bridgehead atoms. The van der Waals surface area contributed by atoms with Crippen molar-refractivity contribution in [2.45, 2.75) is 26.2 Å². The van der Waals surface area contributed by atoms with E-state index in [9.17, 15) is 9.59 Å². The first-order valence-electron chi connectivity index (χ1n) is 7.51. The Morgan fingerprint density at radius 2 is 2.13 bits per heavy atom. The highest BCUT2D eigenvalue weighted by molar-refractivity contribution is 5.45. The number of aryl methyl sites for hydroxylation is 2. The SMILES string of the molecule is CCc1cccc(NCCCc2cn3oc(=O)c(=O)oc3n2)c1. The lowest BCUT2D eigenvalue weighted by molar-refractivity contribution is 0.275. The van der Waals surface area contributed by atoms with Gasteiger partial charge in [0.2, 0.25) is 0 Å². The van der Waals surface area contributed by atoms with Gasteiger partial charge in [0.25, 0.3) is 0 Å². The van der Waals surface area contributed by atoms with Crippen molar-refractivity contribution in [3.05, 3.63) is 62.6 Å². The molecule has 120 valence electrons. The maximum Gasteiger partial charge on any atom is 0.442 e. The van der Waals surface area contributed by atoms with E-state index in [4.69, 9.17) is 8.94 Å². The maximum atomic E-state index is 11.1. The van der Waals surface area contributed by atoms with Gasteiger partial charge in [-0.3, -0.25) is 0 Å². The van der Waals surface area contributed by atoms with Crippen LogP contribution in [0, 0.1) is 0 Å². The molecule has 0 unspecified atom stereocenters. The van der Waals surface area contributed by atoms with Gasteiger partial charge in [-0.2, -0.15) is 4.98 Å². The molecule has 0 amide bonds. The summed E-state index contributed by atoms with van der Waals surface area (Å²) in [6, 6.07) is 8.30. The van der Waals surface area contributed by atoms with E-state index in [0.717, 1.165) is 29.6 Å². The van der Waals surface area contributed by atoms with Gasteiger partial charge in [-0.1, -0.05) is 19.1 Å². The van der Waals surface area contributed by atoms with Gasteiger partial charge in [0.1, 0.15) is 0 Å². The fourth-order valence-corrected chi connectivity index (χ4v) is 2.30. The van der Waals surface area contributed by atoms with Crippen LogP contribution in [0.25, 0.3) is 5.84 Å². The van der Waals surface area contributed by atoms with E-state index in [1.165, 1.54) is 5.56 Å². The summed E-state index contributed by atoms with van der Waals surface area (Å²) in [7, 11) is 0. The van der Waals surface area contributed by atoms with E-state index < -0.39 is 11.3 Å². The van der Waals surface area contributed by atoms with Crippen LogP contribution in [-0.4, -0.2) is 16.1 Å². The Labute approximate surface area is 131 Å². The van der Waals surface area contributed by atoms with Gasteiger partial charge in [-0.25, -0.2) is 9.59 Å². The third-order valence-electron chi connectivity index (χ3n) is 3.50. The fourth-order valence-electron chi connectivity index (χ4n) is 2.30. The van der Waals surface area contributed by atoms with Crippen molar-refractivity contribution in [2.75, 3.05) is 11.9 Å². The van der Waals surface area contributed by atoms with Gasteiger partial charge in [0.15, 0.2) is 0 Å². The molecule has 7 nitrogen and oxygen atoms in total. The summed E-state index contributed by atoms with van der Waals surface area (Å²) in [4.78, 5) is 26.3. The Bertz CT molecular complexity index is 876. The normalized spacial score (nSPS) is 11.0. The van der Waals surface area contributed by atoms with E-state index in [0.29, 0.717) is 12.1 Å². The Morgan fingerprint density at radius 3 is 2.96 bits per heavy atom. The molecule has 0 fully saturated rings. The molecule has 3 rings (SSSR count). The second kappa shape index (κ2) is 6.51. The lowest BCUT2D eigenvalue weighted by Crippen LogP contribution is -2.22. The summed E-state index contributed by atoms with van der Waals surface area (Å²) in [6.45, 7) is 2.91. The molecule has 1 N–H and O–H groups in total. The maximum absolute atomic E-state index is 11.1. The van der Waals surface area contributed by atoms with Gasteiger partial charge in [-0.05, 0) is 37.0 Å². The van der Waals surface area contributed by atoms with Crippen molar-refractivity contribution in [2.24, 2.45) is 0 Å².